The van der Waals surface area contributed by atoms with Crippen LogP contribution in [0, 0.1) is 12.7 Å². The molecule has 0 fully saturated rings. The van der Waals surface area contributed by atoms with Gasteiger partial charge in [0, 0.05) is 18.4 Å². The van der Waals surface area contributed by atoms with Crippen molar-refractivity contribution in [2.24, 2.45) is 0 Å². The van der Waals surface area contributed by atoms with Crippen molar-refractivity contribution in [2.75, 3.05) is 0 Å². The number of aliphatic carboxylic acids is 1. The molecule has 0 bridgehead atoms. The largest absolute Gasteiger partial charge is 0.480 e. The van der Waals surface area contributed by atoms with E-state index in [0.29, 0.717) is 29.8 Å². The summed E-state index contributed by atoms with van der Waals surface area (Å²) in [6, 6.07) is 3.59. The fraction of sp³-hybridized carbons (Fsp3) is 0.412. The van der Waals surface area contributed by atoms with Crippen molar-refractivity contribution in [3.05, 3.63) is 35.5 Å². The van der Waals surface area contributed by atoms with Gasteiger partial charge < -0.3 is 14.9 Å². The van der Waals surface area contributed by atoms with Gasteiger partial charge in [-0.25, -0.2) is 9.18 Å². The zero-order valence-corrected chi connectivity index (χ0v) is 14.1. The van der Waals surface area contributed by atoms with E-state index in [4.69, 9.17) is 9.63 Å². The van der Waals surface area contributed by atoms with Crippen LogP contribution in [0.4, 0.5) is 4.39 Å². The number of hydrogen-bond donors (Lipinski definition) is 2. The van der Waals surface area contributed by atoms with E-state index in [1.54, 1.807) is 19.1 Å². The Morgan fingerprint density at radius 2 is 2.16 bits per heavy atom. The number of aromatic nitrogens is 2. The Balaban J connectivity index is 1.93. The summed E-state index contributed by atoms with van der Waals surface area (Å²) >= 11 is 0. The maximum Gasteiger partial charge on any atom is 0.326 e. The molecule has 7 nitrogen and oxygen atoms in total. The monoisotopic (exact) mass is 349 g/mol. The third kappa shape index (κ3) is 5.10. The molecule has 0 spiro atoms. The van der Waals surface area contributed by atoms with Crippen LogP contribution in [0.25, 0.3) is 11.4 Å². The van der Waals surface area contributed by atoms with Crippen LogP contribution in [-0.4, -0.2) is 33.2 Å². The molecular weight excluding hydrogens is 329 g/mol. The van der Waals surface area contributed by atoms with Gasteiger partial charge in [-0.1, -0.05) is 18.5 Å². The molecule has 1 amide bonds. The molecule has 0 saturated heterocycles. The highest BCUT2D eigenvalue weighted by Crippen LogP contribution is 2.19. The quantitative estimate of drug-likeness (QED) is 0.758. The maximum absolute atomic E-state index is 13.3. The lowest BCUT2D eigenvalue weighted by Gasteiger charge is -2.12. The van der Waals surface area contributed by atoms with Crippen molar-refractivity contribution in [2.45, 2.75) is 45.6 Å². The predicted molar refractivity (Wildman–Crippen MR) is 87.2 cm³/mol. The molecule has 2 aromatic rings. The molecule has 25 heavy (non-hydrogen) atoms. The first-order chi connectivity index (χ1) is 11.9. The standard InChI is InChI=1S/C17H20FN3O4/c1-3-4-13(17(23)24)19-14(22)7-8-15-20-16(21-25-15)11-5-6-12(18)10(2)9-11/h5-6,9,13H,3-4,7-8H2,1-2H3,(H,19,22)(H,23,24). The second-order valence-corrected chi connectivity index (χ2v) is 5.72. The number of halogens is 1. The lowest BCUT2D eigenvalue weighted by atomic mass is 10.1. The molecule has 0 aliphatic carbocycles. The van der Waals surface area contributed by atoms with Crippen LogP contribution < -0.4 is 5.32 Å². The number of nitrogens with one attached hydrogen (secondary N) is 1. The molecule has 1 heterocycles. The highest BCUT2D eigenvalue weighted by Gasteiger charge is 2.19. The van der Waals surface area contributed by atoms with Crippen LogP contribution in [0.1, 0.15) is 37.6 Å². The molecule has 0 aliphatic heterocycles. The minimum Gasteiger partial charge on any atom is -0.480 e. The van der Waals surface area contributed by atoms with Crippen molar-refractivity contribution >= 4 is 11.9 Å². The van der Waals surface area contributed by atoms with Crippen LogP contribution in [-0.2, 0) is 16.0 Å². The SMILES string of the molecule is CCCC(NC(=O)CCc1nc(-c2ccc(F)c(C)c2)no1)C(=O)O. The molecule has 0 aliphatic rings. The summed E-state index contributed by atoms with van der Waals surface area (Å²) in [5, 5.41) is 15.3. The Bertz CT molecular complexity index is 760. The van der Waals surface area contributed by atoms with Gasteiger partial charge in [0.25, 0.3) is 0 Å². The molecule has 0 saturated carbocycles. The van der Waals surface area contributed by atoms with Crippen molar-refractivity contribution < 1.29 is 23.6 Å². The van der Waals surface area contributed by atoms with E-state index < -0.39 is 17.9 Å². The van der Waals surface area contributed by atoms with E-state index in [2.05, 4.69) is 15.5 Å². The first-order valence-corrected chi connectivity index (χ1v) is 8.02. The molecule has 8 heteroatoms. The Kier molecular flexibility index (Phi) is 6.21. The van der Waals surface area contributed by atoms with Gasteiger partial charge in [-0.3, -0.25) is 4.79 Å². The zero-order valence-electron chi connectivity index (χ0n) is 14.1. The molecule has 134 valence electrons. The fourth-order valence-electron chi connectivity index (χ4n) is 2.29. The summed E-state index contributed by atoms with van der Waals surface area (Å²) in [6.07, 6.45) is 1.26. The molecule has 1 aromatic heterocycles. The van der Waals surface area contributed by atoms with Crippen molar-refractivity contribution in [3.8, 4) is 11.4 Å². The van der Waals surface area contributed by atoms with Gasteiger partial charge in [0.2, 0.25) is 17.6 Å². The van der Waals surface area contributed by atoms with Gasteiger partial charge >= 0.3 is 5.97 Å². The number of carboxylic acids is 1. The first-order valence-electron chi connectivity index (χ1n) is 8.02. The summed E-state index contributed by atoms with van der Waals surface area (Å²) in [5.74, 6) is -1.19. The van der Waals surface area contributed by atoms with Gasteiger partial charge in [-0.2, -0.15) is 4.98 Å². The summed E-state index contributed by atoms with van der Waals surface area (Å²) < 4.78 is 18.4. The lowest BCUT2D eigenvalue weighted by molar-refractivity contribution is -0.142. The Hall–Kier alpha value is -2.77. The van der Waals surface area contributed by atoms with Gasteiger partial charge in [0.15, 0.2) is 0 Å². The number of rotatable bonds is 8. The van der Waals surface area contributed by atoms with Crippen LogP contribution in [0.15, 0.2) is 22.7 Å². The smallest absolute Gasteiger partial charge is 0.326 e. The zero-order chi connectivity index (χ0) is 18.4. The maximum atomic E-state index is 13.3. The molecule has 2 N–H and O–H groups in total. The number of benzene rings is 1. The molecule has 0 radical (unpaired) electrons. The number of carboxylic acid groups (broad SMARTS) is 1. The van der Waals surface area contributed by atoms with Crippen molar-refractivity contribution in [1.29, 1.82) is 0 Å². The van der Waals surface area contributed by atoms with E-state index >= 15 is 0 Å². The molecule has 1 unspecified atom stereocenters. The van der Waals surface area contributed by atoms with Crippen LogP contribution >= 0.6 is 0 Å². The molecule has 1 aromatic carbocycles. The number of aryl methyl sites for hydroxylation is 2. The summed E-state index contributed by atoms with van der Waals surface area (Å²) in [4.78, 5) is 27.1. The van der Waals surface area contributed by atoms with Crippen LogP contribution in [0.2, 0.25) is 0 Å². The Labute approximate surface area is 144 Å². The average Bonchev–Trinajstić information content (AvgIpc) is 3.04. The summed E-state index contributed by atoms with van der Waals surface area (Å²) in [5.41, 5.74) is 1.09. The number of carbonyl (C=O) groups is 2. The Morgan fingerprint density at radius 3 is 2.80 bits per heavy atom. The van der Waals surface area contributed by atoms with Gasteiger partial charge in [-0.05, 0) is 37.1 Å². The first kappa shape index (κ1) is 18.6. The number of amides is 1. The second-order valence-electron chi connectivity index (χ2n) is 5.72. The highest BCUT2D eigenvalue weighted by molar-refractivity contribution is 5.83. The number of nitrogens with zero attached hydrogens (tertiary/aromatic N) is 2. The number of hydrogen-bond acceptors (Lipinski definition) is 5. The third-order valence-corrected chi connectivity index (χ3v) is 3.66. The van der Waals surface area contributed by atoms with E-state index in [1.807, 2.05) is 6.92 Å². The molecule has 2 rings (SSSR count). The van der Waals surface area contributed by atoms with Gasteiger partial charge in [0.1, 0.15) is 11.9 Å². The fourth-order valence-corrected chi connectivity index (χ4v) is 2.29. The van der Waals surface area contributed by atoms with E-state index in [1.165, 1.54) is 6.07 Å². The third-order valence-electron chi connectivity index (χ3n) is 3.66. The summed E-state index contributed by atoms with van der Waals surface area (Å²) in [6.45, 7) is 3.48. The average molecular weight is 349 g/mol. The van der Waals surface area contributed by atoms with Crippen molar-refractivity contribution in [3.63, 3.8) is 0 Å². The Morgan fingerprint density at radius 1 is 1.40 bits per heavy atom. The highest BCUT2D eigenvalue weighted by atomic mass is 19.1. The number of carbonyl (C=O) groups excluding carboxylic acids is 1. The minimum atomic E-state index is -1.05. The topological polar surface area (TPSA) is 105 Å². The van der Waals surface area contributed by atoms with Gasteiger partial charge in [-0.15, -0.1) is 0 Å². The second kappa shape index (κ2) is 8.36. The van der Waals surface area contributed by atoms with E-state index in [0.717, 1.165) is 0 Å². The predicted octanol–water partition coefficient (Wildman–Crippen LogP) is 2.49. The lowest BCUT2D eigenvalue weighted by Crippen LogP contribution is -2.40. The van der Waals surface area contributed by atoms with Gasteiger partial charge in [0.05, 0.1) is 0 Å². The van der Waals surface area contributed by atoms with E-state index in [9.17, 15) is 14.0 Å². The van der Waals surface area contributed by atoms with Crippen LogP contribution in [0.3, 0.4) is 0 Å². The van der Waals surface area contributed by atoms with E-state index in [-0.39, 0.29) is 24.5 Å². The minimum absolute atomic E-state index is 0.0393. The van der Waals surface area contributed by atoms with Crippen molar-refractivity contribution in [1.82, 2.24) is 15.5 Å². The summed E-state index contributed by atoms with van der Waals surface area (Å²) in [7, 11) is 0. The molecule has 1 atom stereocenters. The molecular formula is C17H20FN3O4. The normalized spacial score (nSPS) is 12.0. The van der Waals surface area contributed by atoms with Crippen LogP contribution in [0.5, 0.6) is 0 Å².